The molecular weight excluding hydrogens is 222 g/mol. The molecule has 0 amide bonds. The molecular formula is C12H9NO4. The van der Waals surface area contributed by atoms with Crippen LogP contribution in [0, 0.1) is 11.3 Å². The highest BCUT2D eigenvalue weighted by molar-refractivity contribution is 5.81. The van der Waals surface area contributed by atoms with Gasteiger partial charge in [0.15, 0.2) is 11.5 Å². The molecule has 2 aromatic rings. The highest BCUT2D eigenvalue weighted by atomic mass is 16.5. The molecule has 86 valence electrons. The Kier molecular flexibility index (Phi) is 2.71. The van der Waals surface area contributed by atoms with Crippen molar-refractivity contribution < 1.29 is 13.9 Å². The normalized spacial score (nSPS) is 9.94. The SMILES string of the molecule is COc1cc2occ(C#N)c(=O)c2cc1OC. The summed E-state index contributed by atoms with van der Waals surface area (Å²) in [5.74, 6) is 0.884. The van der Waals surface area contributed by atoms with Crippen LogP contribution in [0.15, 0.2) is 27.6 Å². The van der Waals surface area contributed by atoms with E-state index >= 15 is 0 Å². The average Bonchev–Trinajstić information content (AvgIpc) is 2.38. The van der Waals surface area contributed by atoms with Gasteiger partial charge in [-0.3, -0.25) is 4.79 Å². The largest absolute Gasteiger partial charge is 0.493 e. The summed E-state index contributed by atoms with van der Waals surface area (Å²) in [6, 6.07) is 4.83. The summed E-state index contributed by atoms with van der Waals surface area (Å²) in [5.41, 5.74) is -0.0638. The zero-order chi connectivity index (χ0) is 12.4. The lowest BCUT2D eigenvalue weighted by Crippen LogP contribution is -2.06. The molecule has 0 fully saturated rings. The smallest absolute Gasteiger partial charge is 0.210 e. The number of fused-ring (bicyclic) bond motifs is 1. The number of hydrogen-bond donors (Lipinski definition) is 0. The molecule has 0 radical (unpaired) electrons. The highest BCUT2D eigenvalue weighted by Gasteiger charge is 2.12. The van der Waals surface area contributed by atoms with Crippen molar-refractivity contribution in [3.8, 4) is 17.6 Å². The lowest BCUT2D eigenvalue weighted by atomic mass is 10.1. The Morgan fingerprint density at radius 1 is 1.24 bits per heavy atom. The average molecular weight is 231 g/mol. The van der Waals surface area contributed by atoms with Gasteiger partial charge in [0.25, 0.3) is 0 Å². The van der Waals surface area contributed by atoms with E-state index in [1.54, 1.807) is 12.1 Å². The quantitative estimate of drug-likeness (QED) is 0.786. The number of ether oxygens (including phenoxy) is 2. The number of nitrogens with zero attached hydrogens (tertiary/aromatic N) is 1. The molecule has 0 unspecified atom stereocenters. The van der Waals surface area contributed by atoms with Crippen LogP contribution in [0.2, 0.25) is 0 Å². The topological polar surface area (TPSA) is 72.5 Å². The van der Waals surface area contributed by atoms with Gasteiger partial charge in [-0.25, -0.2) is 0 Å². The van der Waals surface area contributed by atoms with Gasteiger partial charge in [-0.15, -0.1) is 0 Å². The predicted octanol–water partition coefficient (Wildman–Crippen LogP) is 1.68. The summed E-state index contributed by atoms with van der Waals surface area (Å²) in [5, 5.41) is 9.03. The molecule has 0 spiro atoms. The Labute approximate surface area is 96.8 Å². The number of hydrogen-bond acceptors (Lipinski definition) is 5. The zero-order valence-electron chi connectivity index (χ0n) is 9.31. The summed E-state index contributed by atoms with van der Waals surface area (Å²) in [6.07, 6.45) is 1.14. The molecule has 1 aromatic heterocycles. The molecule has 0 aliphatic heterocycles. The second-order valence-corrected chi connectivity index (χ2v) is 3.29. The summed E-state index contributed by atoms with van der Waals surface area (Å²) in [7, 11) is 2.96. The minimum Gasteiger partial charge on any atom is -0.493 e. The third-order valence-corrected chi connectivity index (χ3v) is 2.40. The maximum Gasteiger partial charge on any atom is 0.210 e. The molecule has 1 heterocycles. The van der Waals surface area contributed by atoms with E-state index in [1.165, 1.54) is 20.3 Å². The first-order valence-electron chi connectivity index (χ1n) is 4.79. The second kappa shape index (κ2) is 4.18. The van der Waals surface area contributed by atoms with Gasteiger partial charge in [-0.05, 0) is 6.07 Å². The monoisotopic (exact) mass is 231 g/mol. The number of nitriles is 1. The van der Waals surface area contributed by atoms with Crippen molar-refractivity contribution in [2.24, 2.45) is 0 Å². The molecule has 1 aromatic carbocycles. The van der Waals surface area contributed by atoms with E-state index in [0.717, 1.165) is 6.26 Å². The molecule has 0 saturated heterocycles. The van der Waals surface area contributed by atoms with Crippen LogP contribution in [0.25, 0.3) is 11.0 Å². The molecule has 17 heavy (non-hydrogen) atoms. The fraction of sp³-hybridized carbons (Fsp3) is 0.167. The molecule has 0 saturated carbocycles. The second-order valence-electron chi connectivity index (χ2n) is 3.29. The Morgan fingerprint density at radius 3 is 2.47 bits per heavy atom. The minimum atomic E-state index is -0.380. The van der Waals surface area contributed by atoms with Gasteiger partial charge in [0.1, 0.15) is 23.5 Å². The first-order valence-corrected chi connectivity index (χ1v) is 4.79. The van der Waals surface area contributed by atoms with Crippen LogP contribution >= 0.6 is 0 Å². The molecule has 0 bridgehead atoms. The number of rotatable bonds is 2. The highest BCUT2D eigenvalue weighted by Crippen LogP contribution is 2.30. The van der Waals surface area contributed by atoms with Crippen LogP contribution < -0.4 is 14.9 Å². The van der Waals surface area contributed by atoms with Crippen molar-refractivity contribution in [2.75, 3.05) is 14.2 Å². The molecule has 5 heteroatoms. The van der Waals surface area contributed by atoms with Crippen molar-refractivity contribution >= 4 is 11.0 Å². The molecule has 0 N–H and O–H groups in total. The van der Waals surface area contributed by atoms with E-state index in [1.807, 2.05) is 0 Å². The van der Waals surface area contributed by atoms with E-state index in [-0.39, 0.29) is 11.0 Å². The van der Waals surface area contributed by atoms with Gasteiger partial charge >= 0.3 is 0 Å². The summed E-state index contributed by atoms with van der Waals surface area (Å²) >= 11 is 0. The molecule has 2 rings (SSSR count). The predicted molar refractivity (Wildman–Crippen MR) is 60.3 cm³/mol. The number of methoxy groups -OCH3 is 2. The third-order valence-electron chi connectivity index (χ3n) is 2.40. The Bertz CT molecular complexity index is 666. The molecule has 0 atom stereocenters. The summed E-state index contributed by atoms with van der Waals surface area (Å²) in [4.78, 5) is 11.8. The maximum atomic E-state index is 11.8. The Hall–Kier alpha value is -2.48. The minimum absolute atomic E-state index is 0.0373. The van der Waals surface area contributed by atoms with Gasteiger partial charge in [0.05, 0.1) is 19.6 Å². The molecule has 0 aliphatic rings. The van der Waals surface area contributed by atoms with Crippen molar-refractivity contribution in [2.45, 2.75) is 0 Å². The fourth-order valence-corrected chi connectivity index (χ4v) is 1.53. The molecule has 0 aliphatic carbocycles. The van der Waals surface area contributed by atoms with E-state index in [4.69, 9.17) is 19.2 Å². The van der Waals surface area contributed by atoms with Crippen LogP contribution in [-0.4, -0.2) is 14.2 Å². The Morgan fingerprint density at radius 2 is 1.88 bits per heavy atom. The van der Waals surface area contributed by atoms with Gasteiger partial charge in [-0.1, -0.05) is 0 Å². The maximum absolute atomic E-state index is 11.8. The van der Waals surface area contributed by atoms with E-state index in [0.29, 0.717) is 22.5 Å². The molecule has 5 nitrogen and oxygen atoms in total. The first-order chi connectivity index (χ1) is 8.21. The summed E-state index contributed by atoms with van der Waals surface area (Å²) < 4.78 is 15.4. The lowest BCUT2D eigenvalue weighted by molar-refractivity contribution is 0.355. The van der Waals surface area contributed by atoms with Gasteiger partial charge in [0, 0.05) is 6.07 Å². The van der Waals surface area contributed by atoms with Crippen molar-refractivity contribution in [3.63, 3.8) is 0 Å². The fourth-order valence-electron chi connectivity index (χ4n) is 1.53. The van der Waals surface area contributed by atoms with Gasteiger partial charge in [-0.2, -0.15) is 5.26 Å². The zero-order valence-corrected chi connectivity index (χ0v) is 9.31. The van der Waals surface area contributed by atoms with Crippen LogP contribution in [-0.2, 0) is 0 Å². The van der Waals surface area contributed by atoms with Crippen LogP contribution in [0.5, 0.6) is 11.5 Å². The van der Waals surface area contributed by atoms with Crippen LogP contribution in [0.3, 0.4) is 0 Å². The first kappa shape index (κ1) is 11.0. The van der Waals surface area contributed by atoms with Crippen molar-refractivity contribution in [1.82, 2.24) is 0 Å². The van der Waals surface area contributed by atoms with Crippen molar-refractivity contribution in [3.05, 3.63) is 34.2 Å². The standard InChI is InChI=1S/C12H9NO4/c1-15-10-3-8-9(4-11(10)16-2)17-6-7(5-13)12(8)14/h3-4,6H,1-2H3. The van der Waals surface area contributed by atoms with Crippen molar-refractivity contribution in [1.29, 1.82) is 5.26 Å². The van der Waals surface area contributed by atoms with Gasteiger partial charge < -0.3 is 13.9 Å². The third kappa shape index (κ3) is 1.70. The van der Waals surface area contributed by atoms with E-state index in [2.05, 4.69) is 0 Å². The van der Waals surface area contributed by atoms with Gasteiger partial charge in [0.2, 0.25) is 5.43 Å². The Balaban J connectivity index is 2.85. The van der Waals surface area contributed by atoms with Crippen LogP contribution in [0.4, 0.5) is 0 Å². The lowest BCUT2D eigenvalue weighted by Gasteiger charge is -2.07. The van der Waals surface area contributed by atoms with Crippen LogP contribution in [0.1, 0.15) is 5.56 Å². The van der Waals surface area contributed by atoms with E-state index in [9.17, 15) is 4.79 Å². The van der Waals surface area contributed by atoms with E-state index < -0.39 is 0 Å². The summed E-state index contributed by atoms with van der Waals surface area (Å²) in [6.45, 7) is 0. The number of benzene rings is 1.